The van der Waals surface area contributed by atoms with Gasteiger partial charge < -0.3 is 20.3 Å². The van der Waals surface area contributed by atoms with Gasteiger partial charge in [-0.1, -0.05) is 35.9 Å². The second-order valence-corrected chi connectivity index (χ2v) is 5.87. The predicted molar refractivity (Wildman–Crippen MR) is 93.1 cm³/mol. The van der Waals surface area contributed by atoms with Gasteiger partial charge in [0.1, 0.15) is 18.4 Å². The van der Waals surface area contributed by atoms with Gasteiger partial charge in [-0.15, -0.1) is 0 Å². The molecule has 26 heavy (non-hydrogen) atoms. The monoisotopic (exact) mass is 377 g/mol. The molecule has 0 unspecified atom stereocenters. The molecule has 3 N–H and O–H groups in total. The van der Waals surface area contributed by atoms with Crippen LogP contribution < -0.4 is 10.1 Å². The zero-order chi connectivity index (χ0) is 19.1. The molecule has 1 atom stereocenters. The number of carboxylic acid groups (broad SMARTS) is 2. The topological polar surface area (TPSA) is 113 Å². The average molecular weight is 378 g/mol. The summed E-state index contributed by atoms with van der Waals surface area (Å²) < 4.78 is 5.63. The van der Waals surface area contributed by atoms with Gasteiger partial charge in [0.05, 0.1) is 0 Å². The van der Waals surface area contributed by atoms with E-state index >= 15 is 0 Å². The number of rotatable bonds is 7. The first kappa shape index (κ1) is 19.3. The molecule has 0 aliphatic rings. The number of carboxylic acids is 2. The summed E-state index contributed by atoms with van der Waals surface area (Å²) in [6.07, 6.45) is -0.0498. The fourth-order valence-corrected chi connectivity index (χ4v) is 2.25. The SMILES string of the molecule is O=C(O)C(=O)N[C@H](Cc1ccc(OCc2ccc(Cl)cc2)cc1)C(=O)O. The lowest BCUT2D eigenvalue weighted by Crippen LogP contribution is -2.45. The number of halogens is 1. The summed E-state index contributed by atoms with van der Waals surface area (Å²) in [5, 5.41) is 20.3. The standard InChI is InChI=1S/C18H16ClNO6/c19-13-5-1-12(2-6-13)10-26-14-7-3-11(4-8-14)9-15(17(22)23)20-16(21)18(24)25/h1-8,15H,9-10H2,(H,20,21)(H,22,23)(H,24,25)/t15-/m1/s1. The third kappa shape index (κ3) is 5.78. The Morgan fingerprint density at radius 1 is 0.962 bits per heavy atom. The van der Waals surface area contributed by atoms with Crippen molar-refractivity contribution in [2.75, 3.05) is 0 Å². The van der Waals surface area contributed by atoms with Crippen molar-refractivity contribution in [3.63, 3.8) is 0 Å². The number of ether oxygens (including phenoxy) is 1. The highest BCUT2D eigenvalue weighted by Crippen LogP contribution is 2.16. The van der Waals surface area contributed by atoms with Gasteiger partial charge in [0.25, 0.3) is 0 Å². The molecule has 0 saturated carbocycles. The van der Waals surface area contributed by atoms with Crippen LogP contribution in [0.3, 0.4) is 0 Å². The molecule has 0 spiro atoms. The maximum atomic E-state index is 11.2. The summed E-state index contributed by atoms with van der Waals surface area (Å²) in [5.74, 6) is -3.82. The van der Waals surface area contributed by atoms with Gasteiger partial charge in [-0.3, -0.25) is 4.79 Å². The molecule has 136 valence electrons. The van der Waals surface area contributed by atoms with Crippen LogP contribution in [0.4, 0.5) is 0 Å². The molecule has 2 aromatic rings. The minimum absolute atomic E-state index is 0.0498. The summed E-state index contributed by atoms with van der Waals surface area (Å²) in [5.41, 5.74) is 1.56. The fourth-order valence-electron chi connectivity index (χ4n) is 2.12. The zero-order valence-electron chi connectivity index (χ0n) is 13.5. The molecule has 1 amide bonds. The molecule has 2 rings (SSSR count). The lowest BCUT2D eigenvalue weighted by molar-refractivity contribution is -0.152. The Bertz CT molecular complexity index is 788. The van der Waals surface area contributed by atoms with E-state index in [-0.39, 0.29) is 6.42 Å². The first-order valence-electron chi connectivity index (χ1n) is 7.58. The minimum Gasteiger partial charge on any atom is -0.489 e. The molecule has 0 aromatic heterocycles. The molecule has 0 fully saturated rings. The number of benzene rings is 2. The molecular weight excluding hydrogens is 362 g/mol. The summed E-state index contributed by atoms with van der Waals surface area (Å²) >= 11 is 5.82. The highest BCUT2D eigenvalue weighted by atomic mass is 35.5. The van der Waals surface area contributed by atoms with Gasteiger partial charge in [0.2, 0.25) is 0 Å². The van der Waals surface area contributed by atoms with Crippen molar-refractivity contribution in [1.82, 2.24) is 5.32 Å². The van der Waals surface area contributed by atoms with E-state index in [1.165, 1.54) is 0 Å². The maximum absolute atomic E-state index is 11.2. The molecule has 0 aliphatic carbocycles. The third-order valence-corrected chi connectivity index (χ3v) is 3.73. The van der Waals surface area contributed by atoms with E-state index < -0.39 is 23.9 Å². The van der Waals surface area contributed by atoms with E-state index in [4.69, 9.17) is 26.6 Å². The number of hydrogen-bond acceptors (Lipinski definition) is 4. The number of carbonyl (C=O) groups excluding carboxylic acids is 1. The lowest BCUT2D eigenvalue weighted by Gasteiger charge is -2.13. The Morgan fingerprint density at radius 2 is 1.54 bits per heavy atom. The van der Waals surface area contributed by atoms with E-state index in [2.05, 4.69) is 0 Å². The van der Waals surface area contributed by atoms with E-state index in [1.807, 2.05) is 17.4 Å². The maximum Gasteiger partial charge on any atom is 0.394 e. The van der Waals surface area contributed by atoms with Crippen LogP contribution in [0, 0.1) is 0 Å². The normalized spacial score (nSPS) is 11.4. The quantitative estimate of drug-likeness (QED) is 0.637. The highest BCUT2D eigenvalue weighted by molar-refractivity contribution is 6.32. The Kier molecular flexibility index (Phi) is 6.57. The zero-order valence-corrected chi connectivity index (χ0v) is 14.3. The Morgan fingerprint density at radius 3 is 2.08 bits per heavy atom. The van der Waals surface area contributed by atoms with Crippen molar-refractivity contribution in [3.8, 4) is 5.75 Å². The molecule has 0 saturated heterocycles. The number of nitrogens with one attached hydrogen (secondary N) is 1. The van der Waals surface area contributed by atoms with Crippen LogP contribution in [-0.4, -0.2) is 34.1 Å². The van der Waals surface area contributed by atoms with Gasteiger partial charge in [-0.25, -0.2) is 9.59 Å². The second-order valence-electron chi connectivity index (χ2n) is 5.43. The van der Waals surface area contributed by atoms with Crippen LogP contribution in [0.5, 0.6) is 5.75 Å². The Balaban J connectivity index is 1.94. The first-order chi connectivity index (χ1) is 12.3. The van der Waals surface area contributed by atoms with Crippen LogP contribution in [0.1, 0.15) is 11.1 Å². The van der Waals surface area contributed by atoms with Crippen molar-refractivity contribution in [1.29, 1.82) is 0 Å². The van der Waals surface area contributed by atoms with Crippen LogP contribution in [0.15, 0.2) is 48.5 Å². The van der Waals surface area contributed by atoms with Crippen molar-refractivity contribution >= 4 is 29.4 Å². The van der Waals surface area contributed by atoms with Crippen LogP contribution in [0.2, 0.25) is 5.02 Å². The Labute approximate surface area is 154 Å². The fraction of sp³-hybridized carbons (Fsp3) is 0.167. The van der Waals surface area contributed by atoms with Gasteiger partial charge in [0, 0.05) is 11.4 Å². The molecule has 0 bridgehead atoms. The van der Waals surface area contributed by atoms with Gasteiger partial charge >= 0.3 is 17.8 Å². The van der Waals surface area contributed by atoms with Gasteiger partial charge in [-0.2, -0.15) is 0 Å². The smallest absolute Gasteiger partial charge is 0.394 e. The summed E-state index contributed by atoms with van der Waals surface area (Å²) in [6, 6.07) is 12.5. The molecule has 8 heteroatoms. The second kappa shape index (κ2) is 8.87. The van der Waals surface area contributed by atoms with Gasteiger partial charge in [0.15, 0.2) is 0 Å². The molecule has 0 radical (unpaired) electrons. The summed E-state index contributed by atoms with van der Waals surface area (Å²) in [6.45, 7) is 0.350. The van der Waals surface area contributed by atoms with E-state index in [0.29, 0.717) is 22.9 Å². The van der Waals surface area contributed by atoms with Crippen molar-refractivity contribution < 1.29 is 29.3 Å². The third-order valence-electron chi connectivity index (χ3n) is 3.48. The summed E-state index contributed by atoms with van der Waals surface area (Å²) in [4.78, 5) is 32.8. The van der Waals surface area contributed by atoms with Crippen molar-refractivity contribution in [2.24, 2.45) is 0 Å². The van der Waals surface area contributed by atoms with E-state index in [0.717, 1.165) is 5.56 Å². The van der Waals surface area contributed by atoms with Crippen molar-refractivity contribution in [2.45, 2.75) is 19.1 Å². The number of amides is 1. The van der Waals surface area contributed by atoms with E-state index in [9.17, 15) is 14.4 Å². The molecule has 7 nitrogen and oxygen atoms in total. The van der Waals surface area contributed by atoms with Crippen LogP contribution in [0.25, 0.3) is 0 Å². The van der Waals surface area contributed by atoms with Crippen molar-refractivity contribution in [3.05, 3.63) is 64.7 Å². The number of hydrogen-bond donors (Lipinski definition) is 3. The highest BCUT2D eigenvalue weighted by Gasteiger charge is 2.23. The first-order valence-corrected chi connectivity index (χ1v) is 7.95. The van der Waals surface area contributed by atoms with Crippen LogP contribution >= 0.6 is 11.6 Å². The number of aliphatic carboxylic acids is 2. The number of carbonyl (C=O) groups is 3. The van der Waals surface area contributed by atoms with Crippen LogP contribution in [-0.2, 0) is 27.4 Å². The largest absolute Gasteiger partial charge is 0.489 e. The molecule has 0 aliphatic heterocycles. The minimum atomic E-state index is -1.73. The average Bonchev–Trinajstić information content (AvgIpc) is 2.61. The molecule has 2 aromatic carbocycles. The Hall–Kier alpha value is -3.06. The molecule has 0 heterocycles. The van der Waals surface area contributed by atoms with Gasteiger partial charge in [-0.05, 0) is 35.4 Å². The lowest BCUT2D eigenvalue weighted by atomic mass is 10.1. The van der Waals surface area contributed by atoms with E-state index in [1.54, 1.807) is 36.4 Å². The molecular formula is C18H16ClNO6. The predicted octanol–water partition coefficient (Wildman–Crippen LogP) is 2.12. The summed E-state index contributed by atoms with van der Waals surface area (Å²) in [7, 11) is 0.